The van der Waals surface area contributed by atoms with Crippen LogP contribution in [0.1, 0.15) is 52.9 Å². The highest BCUT2D eigenvalue weighted by Crippen LogP contribution is 2.57. The van der Waals surface area contributed by atoms with E-state index < -0.39 is 5.60 Å². The first-order valence-corrected chi connectivity index (χ1v) is 5.67. The van der Waals surface area contributed by atoms with Gasteiger partial charge in [-0.1, -0.05) is 33.1 Å². The highest BCUT2D eigenvalue weighted by molar-refractivity contribution is 5.05. The Kier molecular flexibility index (Phi) is 1.99. The van der Waals surface area contributed by atoms with E-state index >= 15 is 0 Å². The zero-order valence-corrected chi connectivity index (χ0v) is 9.14. The molecule has 0 aromatic heterocycles. The van der Waals surface area contributed by atoms with Crippen molar-refractivity contribution in [2.45, 2.75) is 58.5 Å². The summed E-state index contributed by atoms with van der Waals surface area (Å²) >= 11 is 0. The lowest BCUT2D eigenvalue weighted by molar-refractivity contribution is -0.0682. The van der Waals surface area contributed by atoms with Crippen LogP contribution < -0.4 is 0 Å². The quantitative estimate of drug-likeness (QED) is 0.610. The van der Waals surface area contributed by atoms with Crippen LogP contribution in [0.15, 0.2) is 0 Å². The van der Waals surface area contributed by atoms with Crippen LogP contribution in [0.5, 0.6) is 0 Å². The maximum absolute atomic E-state index is 10.5. The minimum atomic E-state index is -0.419. The summed E-state index contributed by atoms with van der Waals surface area (Å²) in [7, 11) is 0. The molecule has 13 heavy (non-hydrogen) atoms. The molecular formula is C12H22O. The largest absolute Gasteiger partial charge is 0.389 e. The molecule has 1 heteroatoms. The summed E-state index contributed by atoms with van der Waals surface area (Å²) in [6.07, 6.45) is 6.54. The number of hydrogen-bond donors (Lipinski definition) is 1. The smallest absolute Gasteiger partial charge is 0.0701 e. The van der Waals surface area contributed by atoms with E-state index in [0.717, 1.165) is 5.92 Å². The Bertz CT molecular complexity index is 205. The molecule has 0 spiro atoms. The molecule has 2 rings (SSSR count). The van der Waals surface area contributed by atoms with Crippen molar-refractivity contribution in [2.24, 2.45) is 17.3 Å². The normalized spacial score (nSPS) is 48.9. The molecule has 0 aromatic rings. The number of rotatable bonds is 0. The molecule has 0 bridgehead atoms. The molecule has 3 unspecified atom stereocenters. The van der Waals surface area contributed by atoms with Crippen LogP contribution in [-0.2, 0) is 0 Å². The van der Waals surface area contributed by atoms with Gasteiger partial charge in [0, 0.05) is 0 Å². The zero-order valence-electron chi connectivity index (χ0n) is 9.14. The van der Waals surface area contributed by atoms with Gasteiger partial charge in [-0.2, -0.15) is 0 Å². The van der Waals surface area contributed by atoms with E-state index in [0.29, 0.717) is 5.92 Å². The molecule has 2 fully saturated rings. The minimum Gasteiger partial charge on any atom is -0.389 e. The topological polar surface area (TPSA) is 20.2 Å². The first kappa shape index (κ1) is 9.51. The van der Waals surface area contributed by atoms with Crippen LogP contribution in [0.4, 0.5) is 0 Å². The molecule has 3 atom stereocenters. The average Bonchev–Trinajstić information content (AvgIpc) is 2.20. The minimum absolute atomic E-state index is 0.132. The van der Waals surface area contributed by atoms with E-state index in [1.807, 2.05) is 0 Å². The van der Waals surface area contributed by atoms with Crippen LogP contribution in [0.25, 0.3) is 0 Å². The number of aliphatic hydroxyl groups is 1. The van der Waals surface area contributed by atoms with Crippen LogP contribution >= 0.6 is 0 Å². The summed E-state index contributed by atoms with van der Waals surface area (Å²) < 4.78 is 0. The Balaban J connectivity index is 2.25. The maximum atomic E-state index is 10.5. The van der Waals surface area contributed by atoms with E-state index in [9.17, 15) is 5.11 Å². The van der Waals surface area contributed by atoms with Gasteiger partial charge in [0.05, 0.1) is 5.60 Å². The third-order valence-electron chi connectivity index (χ3n) is 4.77. The Morgan fingerprint density at radius 3 is 2.31 bits per heavy atom. The second-order valence-electron chi connectivity index (χ2n) is 5.89. The highest BCUT2D eigenvalue weighted by Gasteiger charge is 2.55. The Hall–Kier alpha value is -0.0400. The van der Waals surface area contributed by atoms with Gasteiger partial charge in [-0.05, 0) is 37.0 Å². The molecule has 0 amide bonds. The Labute approximate surface area is 81.5 Å². The maximum Gasteiger partial charge on any atom is 0.0701 e. The van der Waals surface area contributed by atoms with Crippen LogP contribution in [0.3, 0.4) is 0 Å². The lowest BCUT2D eigenvalue weighted by Crippen LogP contribution is -2.42. The van der Waals surface area contributed by atoms with Crippen molar-refractivity contribution in [1.29, 1.82) is 0 Å². The van der Waals surface area contributed by atoms with Crippen molar-refractivity contribution in [1.82, 2.24) is 0 Å². The fraction of sp³-hybridized carbons (Fsp3) is 1.00. The van der Waals surface area contributed by atoms with Gasteiger partial charge in [-0.15, -0.1) is 0 Å². The fourth-order valence-corrected chi connectivity index (χ4v) is 3.56. The standard InChI is InChI=1S/C12H22O/c1-11(2)8-9-6-4-5-7-10(9)12(11,3)13/h9-10,13H,4-8H2,1-3H3. The summed E-state index contributed by atoms with van der Waals surface area (Å²) in [4.78, 5) is 0. The molecule has 2 aliphatic rings. The van der Waals surface area contributed by atoms with E-state index in [2.05, 4.69) is 20.8 Å². The van der Waals surface area contributed by atoms with Crippen LogP contribution in [-0.4, -0.2) is 10.7 Å². The van der Waals surface area contributed by atoms with Gasteiger partial charge in [0.25, 0.3) is 0 Å². The van der Waals surface area contributed by atoms with Gasteiger partial charge in [0.15, 0.2) is 0 Å². The van der Waals surface area contributed by atoms with Gasteiger partial charge in [0.1, 0.15) is 0 Å². The summed E-state index contributed by atoms with van der Waals surface area (Å²) in [6.45, 7) is 6.51. The first-order valence-electron chi connectivity index (χ1n) is 5.67. The van der Waals surface area contributed by atoms with Crippen molar-refractivity contribution < 1.29 is 5.11 Å². The third kappa shape index (κ3) is 1.24. The molecule has 1 nitrogen and oxygen atoms in total. The van der Waals surface area contributed by atoms with Gasteiger partial charge < -0.3 is 5.11 Å². The predicted octanol–water partition coefficient (Wildman–Crippen LogP) is 2.97. The van der Waals surface area contributed by atoms with Crippen LogP contribution in [0, 0.1) is 17.3 Å². The second-order valence-corrected chi connectivity index (χ2v) is 5.89. The lowest BCUT2D eigenvalue weighted by Gasteiger charge is -2.39. The van der Waals surface area contributed by atoms with Gasteiger partial charge in [-0.25, -0.2) is 0 Å². The summed E-state index contributed by atoms with van der Waals surface area (Å²) in [5, 5.41) is 10.5. The highest BCUT2D eigenvalue weighted by atomic mass is 16.3. The van der Waals surface area contributed by atoms with Gasteiger partial charge >= 0.3 is 0 Å². The van der Waals surface area contributed by atoms with E-state index in [-0.39, 0.29) is 5.41 Å². The van der Waals surface area contributed by atoms with E-state index in [4.69, 9.17) is 0 Å². The first-order chi connectivity index (χ1) is 5.95. The van der Waals surface area contributed by atoms with E-state index in [1.54, 1.807) is 0 Å². The number of fused-ring (bicyclic) bond motifs is 1. The molecule has 0 aromatic carbocycles. The summed E-state index contributed by atoms with van der Waals surface area (Å²) in [5.74, 6) is 1.38. The van der Waals surface area contributed by atoms with Crippen molar-refractivity contribution in [3.05, 3.63) is 0 Å². The second kappa shape index (κ2) is 2.73. The van der Waals surface area contributed by atoms with Crippen molar-refractivity contribution in [2.75, 3.05) is 0 Å². The predicted molar refractivity (Wildman–Crippen MR) is 54.5 cm³/mol. The molecule has 0 radical (unpaired) electrons. The molecule has 0 heterocycles. The summed E-state index contributed by atoms with van der Waals surface area (Å²) in [5.41, 5.74) is -0.287. The SMILES string of the molecule is CC1(C)CC2CCCCC2C1(C)O. The van der Waals surface area contributed by atoms with Gasteiger partial charge in [0.2, 0.25) is 0 Å². The van der Waals surface area contributed by atoms with Gasteiger partial charge in [-0.3, -0.25) is 0 Å². The molecular weight excluding hydrogens is 160 g/mol. The molecule has 2 saturated carbocycles. The zero-order chi connectivity index (χ0) is 9.69. The third-order valence-corrected chi connectivity index (χ3v) is 4.77. The molecule has 0 aliphatic heterocycles. The molecule has 0 saturated heterocycles. The van der Waals surface area contributed by atoms with Crippen LogP contribution in [0.2, 0.25) is 0 Å². The number of hydrogen-bond acceptors (Lipinski definition) is 1. The lowest BCUT2D eigenvalue weighted by atomic mass is 9.72. The Morgan fingerprint density at radius 1 is 1.08 bits per heavy atom. The molecule has 2 aliphatic carbocycles. The summed E-state index contributed by atoms with van der Waals surface area (Å²) in [6, 6.07) is 0. The fourth-order valence-electron chi connectivity index (χ4n) is 3.56. The van der Waals surface area contributed by atoms with Crippen molar-refractivity contribution >= 4 is 0 Å². The van der Waals surface area contributed by atoms with Crippen molar-refractivity contribution in [3.63, 3.8) is 0 Å². The Morgan fingerprint density at radius 2 is 1.69 bits per heavy atom. The average molecular weight is 182 g/mol. The monoisotopic (exact) mass is 182 g/mol. The molecule has 1 N–H and O–H groups in total. The van der Waals surface area contributed by atoms with E-state index in [1.165, 1.54) is 32.1 Å². The van der Waals surface area contributed by atoms with Crippen molar-refractivity contribution in [3.8, 4) is 0 Å². The molecule has 76 valence electrons.